The van der Waals surface area contributed by atoms with Crippen molar-refractivity contribution in [3.8, 4) is 22.9 Å². The van der Waals surface area contributed by atoms with E-state index in [0.717, 1.165) is 24.0 Å². The lowest BCUT2D eigenvalue weighted by Gasteiger charge is -2.14. The Bertz CT molecular complexity index is 1220. The first-order valence-electron chi connectivity index (χ1n) is 10.7. The molecule has 30 heavy (non-hydrogen) atoms. The van der Waals surface area contributed by atoms with E-state index in [4.69, 9.17) is 5.26 Å². The summed E-state index contributed by atoms with van der Waals surface area (Å²) in [7, 11) is 0. The predicted octanol–water partition coefficient (Wildman–Crippen LogP) is 7.54. The number of hydrogen-bond donors (Lipinski definition) is 0. The molecule has 0 unspecified atom stereocenters. The molecule has 2 nitrogen and oxygen atoms in total. The minimum atomic E-state index is 0.689. The maximum absolute atomic E-state index is 8.97. The summed E-state index contributed by atoms with van der Waals surface area (Å²) in [6.07, 6.45) is 7.94. The van der Waals surface area contributed by atoms with E-state index in [-0.39, 0.29) is 0 Å². The van der Waals surface area contributed by atoms with E-state index >= 15 is 0 Å². The van der Waals surface area contributed by atoms with Gasteiger partial charge in [0.05, 0.1) is 17.1 Å². The Morgan fingerprint density at radius 3 is 2.17 bits per heavy atom. The van der Waals surface area contributed by atoms with Crippen LogP contribution in [0.1, 0.15) is 43.5 Å². The third-order valence-electron chi connectivity index (χ3n) is 5.32. The Morgan fingerprint density at radius 2 is 1.50 bits per heavy atom. The number of fused-ring (bicyclic) bond motifs is 3. The van der Waals surface area contributed by atoms with Crippen LogP contribution in [0, 0.1) is 11.3 Å². The van der Waals surface area contributed by atoms with Crippen LogP contribution in [-0.2, 0) is 6.42 Å². The second-order valence-corrected chi connectivity index (χ2v) is 7.60. The van der Waals surface area contributed by atoms with Gasteiger partial charge in [-0.1, -0.05) is 74.9 Å². The average Bonchev–Trinajstić information content (AvgIpc) is 3.14. The predicted molar refractivity (Wildman–Crippen MR) is 127 cm³/mol. The molecule has 148 valence electrons. The van der Waals surface area contributed by atoms with Gasteiger partial charge in [0.2, 0.25) is 0 Å². The van der Waals surface area contributed by atoms with Crippen molar-refractivity contribution < 1.29 is 0 Å². The van der Waals surface area contributed by atoms with Crippen molar-refractivity contribution in [2.24, 2.45) is 0 Å². The fourth-order valence-electron chi connectivity index (χ4n) is 4.01. The van der Waals surface area contributed by atoms with Gasteiger partial charge in [0.15, 0.2) is 0 Å². The fraction of sp³-hybridized carbons (Fsp3) is 0.179. The van der Waals surface area contributed by atoms with E-state index < -0.39 is 0 Å². The quantitative estimate of drug-likeness (QED) is 0.347. The summed E-state index contributed by atoms with van der Waals surface area (Å²) in [4.78, 5) is 0. The summed E-state index contributed by atoms with van der Waals surface area (Å²) < 4.78 is 2.40. The van der Waals surface area contributed by atoms with E-state index in [0.29, 0.717) is 5.56 Å². The molecular weight excluding hydrogens is 364 g/mol. The van der Waals surface area contributed by atoms with E-state index in [1.807, 2.05) is 24.3 Å². The Morgan fingerprint density at radius 1 is 0.867 bits per heavy atom. The highest BCUT2D eigenvalue weighted by Gasteiger charge is 2.17. The van der Waals surface area contributed by atoms with Gasteiger partial charge in [0, 0.05) is 22.3 Å². The smallest absolute Gasteiger partial charge is 0.0991 e. The highest BCUT2D eigenvalue weighted by atomic mass is 15.0. The second-order valence-electron chi connectivity index (χ2n) is 7.60. The summed E-state index contributed by atoms with van der Waals surface area (Å²) in [5.41, 5.74) is 8.18. The molecule has 0 aliphatic heterocycles. The van der Waals surface area contributed by atoms with Gasteiger partial charge in [-0.2, -0.15) is 5.26 Å². The molecule has 0 saturated carbocycles. The molecule has 0 radical (unpaired) electrons. The Balaban J connectivity index is 0.000000687. The normalized spacial score (nSPS) is 12.0. The zero-order valence-corrected chi connectivity index (χ0v) is 17.6. The largest absolute Gasteiger partial charge is 0.313 e. The molecular formula is C28H26N2. The molecule has 0 bridgehead atoms. The Kier molecular flexibility index (Phi) is 5.82. The van der Waals surface area contributed by atoms with Gasteiger partial charge in [-0.05, 0) is 54.3 Å². The lowest BCUT2D eigenvalue weighted by Crippen LogP contribution is -2.02. The lowest BCUT2D eigenvalue weighted by molar-refractivity contribution is 0.888. The molecule has 3 aromatic carbocycles. The zero-order chi connectivity index (χ0) is 20.9. The first-order chi connectivity index (χ1) is 14.8. The number of para-hydroxylation sites is 1. The zero-order valence-electron chi connectivity index (χ0n) is 17.6. The van der Waals surface area contributed by atoms with Crippen molar-refractivity contribution in [2.75, 3.05) is 0 Å². The van der Waals surface area contributed by atoms with Crippen molar-refractivity contribution in [3.05, 3.63) is 95.7 Å². The maximum Gasteiger partial charge on any atom is 0.0991 e. The molecule has 1 heterocycles. The minimum Gasteiger partial charge on any atom is -0.313 e. The van der Waals surface area contributed by atoms with Crippen LogP contribution in [0.15, 0.2) is 78.9 Å². The number of nitrogens with zero attached hydrogens (tertiary/aromatic N) is 2. The molecule has 4 aromatic rings. The second kappa shape index (κ2) is 8.84. The van der Waals surface area contributed by atoms with Crippen LogP contribution in [0.4, 0.5) is 0 Å². The summed E-state index contributed by atoms with van der Waals surface area (Å²) in [5.74, 6) is 0. The van der Waals surface area contributed by atoms with Gasteiger partial charge < -0.3 is 4.57 Å². The number of benzene rings is 3. The average molecular weight is 391 g/mol. The van der Waals surface area contributed by atoms with Crippen molar-refractivity contribution >= 4 is 17.0 Å². The molecule has 0 N–H and O–H groups in total. The number of aromatic nitrogens is 1. The fourth-order valence-corrected chi connectivity index (χ4v) is 4.01. The number of rotatable bonds is 2. The third-order valence-corrected chi connectivity index (χ3v) is 5.32. The molecule has 0 amide bonds. The molecule has 2 heteroatoms. The maximum atomic E-state index is 8.97. The number of hydrogen-bond acceptors (Lipinski definition) is 1. The van der Waals surface area contributed by atoms with Crippen molar-refractivity contribution in [1.29, 1.82) is 5.26 Å². The van der Waals surface area contributed by atoms with E-state index in [1.54, 1.807) is 0 Å². The van der Waals surface area contributed by atoms with Crippen molar-refractivity contribution in [2.45, 2.75) is 33.1 Å². The molecule has 1 aromatic heterocycles. The summed E-state index contributed by atoms with van der Waals surface area (Å²) >= 11 is 0. The van der Waals surface area contributed by atoms with Crippen LogP contribution < -0.4 is 0 Å². The number of allylic oxidation sites excluding steroid dienone is 1. The van der Waals surface area contributed by atoms with Gasteiger partial charge in [0.1, 0.15) is 0 Å². The molecule has 5 rings (SSSR count). The van der Waals surface area contributed by atoms with E-state index in [1.165, 1.54) is 34.3 Å². The molecule has 1 aliphatic rings. The monoisotopic (exact) mass is 390 g/mol. The topological polar surface area (TPSA) is 28.7 Å². The van der Waals surface area contributed by atoms with Gasteiger partial charge >= 0.3 is 0 Å². The van der Waals surface area contributed by atoms with E-state index in [9.17, 15) is 0 Å². The highest BCUT2D eigenvalue weighted by Crippen LogP contribution is 2.34. The van der Waals surface area contributed by atoms with Gasteiger partial charge in [0.25, 0.3) is 0 Å². The third kappa shape index (κ3) is 3.67. The van der Waals surface area contributed by atoms with Gasteiger partial charge in [-0.25, -0.2) is 0 Å². The molecule has 0 fully saturated rings. The number of nitriles is 1. The standard InChI is InChI=1S/C25H18N2.C3H8/c26-17-18-9-11-19(12-10-18)20-13-15-21(16-14-20)27-24-7-3-1-5-22(24)23-6-2-4-8-25(23)27;1-3-2/h1-3,5-7,9-16H,4,8H2;3H2,1-2H3. The first kappa shape index (κ1) is 19.7. The van der Waals surface area contributed by atoms with Crippen molar-refractivity contribution in [1.82, 2.24) is 4.57 Å². The molecule has 0 atom stereocenters. The van der Waals surface area contributed by atoms with Crippen LogP contribution >= 0.6 is 0 Å². The van der Waals surface area contributed by atoms with E-state index in [2.05, 4.69) is 85.2 Å². The Labute approximate surface area is 178 Å². The van der Waals surface area contributed by atoms with Crippen molar-refractivity contribution in [3.63, 3.8) is 0 Å². The van der Waals surface area contributed by atoms with Crippen LogP contribution in [0.2, 0.25) is 0 Å². The van der Waals surface area contributed by atoms with Crippen LogP contribution in [0.5, 0.6) is 0 Å². The molecule has 1 aliphatic carbocycles. The van der Waals surface area contributed by atoms with Crippen LogP contribution in [0.3, 0.4) is 0 Å². The lowest BCUT2D eigenvalue weighted by atomic mass is 10.0. The van der Waals surface area contributed by atoms with Crippen LogP contribution in [-0.4, -0.2) is 4.57 Å². The SMILES string of the molecule is CCC.N#Cc1ccc(-c2ccc(-n3c4c(c5ccccc53)C=CCC4)cc2)cc1. The first-order valence-corrected chi connectivity index (χ1v) is 10.7. The minimum absolute atomic E-state index is 0.689. The highest BCUT2D eigenvalue weighted by molar-refractivity contribution is 5.93. The molecule has 0 saturated heterocycles. The van der Waals surface area contributed by atoms with Gasteiger partial charge in [-0.3, -0.25) is 0 Å². The molecule has 0 spiro atoms. The summed E-state index contributed by atoms with van der Waals surface area (Å²) in [5, 5.41) is 10.3. The van der Waals surface area contributed by atoms with Gasteiger partial charge in [-0.15, -0.1) is 0 Å². The summed E-state index contributed by atoms with van der Waals surface area (Å²) in [6.45, 7) is 4.25. The summed E-state index contributed by atoms with van der Waals surface area (Å²) in [6, 6.07) is 27.3. The Hall–Kier alpha value is -3.57. The van der Waals surface area contributed by atoms with Crippen LogP contribution in [0.25, 0.3) is 33.8 Å².